The minimum Gasteiger partial charge on any atom is -0.380 e. The van der Waals surface area contributed by atoms with E-state index in [1.807, 2.05) is 13.8 Å². The van der Waals surface area contributed by atoms with E-state index in [1.165, 1.54) is 0 Å². The Morgan fingerprint density at radius 3 is 2.40 bits per heavy atom. The molecule has 114 valence electrons. The summed E-state index contributed by atoms with van der Waals surface area (Å²) >= 11 is 5.36. The average Bonchev–Trinajstić information content (AvgIpc) is 2.76. The van der Waals surface area contributed by atoms with Gasteiger partial charge in [0.1, 0.15) is 5.78 Å². The van der Waals surface area contributed by atoms with Gasteiger partial charge in [-0.05, 0) is 45.4 Å². The van der Waals surface area contributed by atoms with Crippen LogP contribution in [-0.2, 0) is 9.53 Å². The summed E-state index contributed by atoms with van der Waals surface area (Å²) in [7, 11) is 0. The van der Waals surface area contributed by atoms with Crippen molar-refractivity contribution in [3.63, 3.8) is 0 Å². The monoisotopic (exact) mass is 296 g/mol. The van der Waals surface area contributed by atoms with Gasteiger partial charge in [0.05, 0.1) is 12.0 Å². The Bertz CT molecular complexity index is 378. The maximum Gasteiger partial charge on any atom is 0.149 e. The lowest BCUT2D eigenvalue weighted by atomic mass is 9.71. The van der Waals surface area contributed by atoms with Crippen LogP contribution in [0.3, 0.4) is 0 Å². The predicted octanol–water partition coefficient (Wildman–Crippen LogP) is 4.37. The molecule has 0 aromatic heterocycles. The zero-order valence-electron chi connectivity index (χ0n) is 13.3. The number of ketones is 1. The van der Waals surface area contributed by atoms with Crippen molar-refractivity contribution in [3.8, 4) is 0 Å². The van der Waals surface area contributed by atoms with Gasteiger partial charge in [0, 0.05) is 17.4 Å². The summed E-state index contributed by atoms with van der Waals surface area (Å²) in [5.74, 6) is 0.774. The number of rotatable bonds is 8. The lowest BCUT2D eigenvalue weighted by Crippen LogP contribution is -2.39. The van der Waals surface area contributed by atoms with Crippen molar-refractivity contribution < 1.29 is 9.53 Å². The molecule has 0 amide bonds. The van der Waals surface area contributed by atoms with Crippen LogP contribution in [0.2, 0.25) is 0 Å². The maximum absolute atomic E-state index is 13.0. The highest BCUT2D eigenvalue weighted by Crippen LogP contribution is 2.39. The number of hydrogen-bond acceptors (Lipinski definition) is 3. The summed E-state index contributed by atoms with van der Waals surface area (Å²) in [6.45, 7) is 13.4. The second-order valence-electron chi connectivity index (χ2n) is 6.72. The van der Waals surface area contributed by atoms with Gasteiger partial charge in [-0.1, -0.05) is 31.6 Å². The van der Waals surface area contributed by atoms with Crippen molar-refractivity contribution in [2.45, 2.75) is 53.4 Å². The number of hydrogen-bond donors (Lipinski definition) is 0. The summed E-state index contributed by atoms with van der Waals surface area (Å²) < 4.78 is 5.53. The Labute approximate surface area is 129 Å². The fraction of sp³-hybridized carbons (Fsp3) is 0.765. The number of thiocarbonyl (C=S) groups is 1. The van der Waals surface area contributed by atoms with Crippen LogP contribution >= 0.6 is 12.2 Å². The molecule has 1 rings (SSSR count). The molecule has 1 heterocycles. The van der Waals surface area contributed by atoms with E-state index in [9.17, 15) is 4.79 Å². The highest BCUT2D eigenvalue weighted by atomic mass is 32.1. The molecule has 0 aromatic carbocycles. The molecule has 1 aliphatic rings. The van der Waals surface area contributed by atoms with Crippen molar-refractivity contribution in [3.05, 3.63) is 12.2 Å². The highest BCUT2D eigenvalue weighted by molar-refractivity contribution is 7.80. The molecule has 2 nitrogen and oxygen atoms in total. The van der Waals surface area contributed by atoms with E-state index in [0.29, 0.717) is 19.1 Å². The molecule has 0 saturated carbocycles. The van der Waals surface area contributed by atoms with E-state index < -0.39 is 0 Å². The topological polar surface area (TPSA) is 26.3 Å². The lowest BCUT2D eigenvalue weighted by molar-refractivity contribution is -0.131. The second-order valence-corrected chi connectivity index (χ2v) is 7.36. The van der Waals surface area contributed by atoms with E-state index in [1.54, 1.807) is 0 Å². The molecular formula is C17H28O2S. The van der Waals surface area contributed by atoms with Crippen LogP contribution in [-0.4, -0.2) is 23.9 Å². The highest BCUT2D eigenvalue weighted by Gasteiger charge is 2.45. The van der Waals surface area contributed by atoms with Gasteiger partial charge in [-0.3, -0.25) is 4.79 Å². The number of carbonyl (C=O) groups excluding carboxylic acids is 1. The van der Waals surface area contributed by atoms with Gasteiger partial charge >= 0.3 is 0 Å². The summed E-state index contributed by atoms with van der Waals surface area (Å²) in [5.41, 5.74) is 0.668. The third kappa shape index (κ3) is 4.49. The summed E-state index contributed by atoms with van der Waals surface area (Å²) in [5, 5.41) is 0. The van der Waals surface area contributed by atoms with Gasteiger partial charge in [-0.2, -0.15) is 0 Å². The van der Waals surface area contributed by atoms with Crippen LogP contribution in [0.4, 0.5) is 0 Å². The second kappa shape index (κ2) is 7.46. The minimum atomic E-state index is -0.381. The van der Waals surface area contributed by atoms with Gasteiger partial charge in [-0.15, -0.1) is 6.58 Å². The number of Topliss-reactive ketones (excluding diaryl/α,β-unsaturated/α-hetero) is 1. The molecule has 3 heteroatoms. The molecule has 0 spiro atoms. The van der Waals surface area contributed by atoms with Gasteiger partial charge in [0.2, 0.25) is 0 Å². The van der Waals surface area contributed by atoms with Crippen molar-refractivity contribution in [2.24, 2.45) is 17.3 Å². The van der Waals surface area contributed by atoms with E-state index in [2.05, 4.69) is 20.4 Å². The smallest absolute Gasteiger partial charge is 0.149 e. The molecule has 0 aromatic rings. The van der Waals surface area contributed by atoms with Gasteiger partial charge in [0.25, 0.3) is 0 Å². The molecular weight excluding hydrogens is 268 g/mol. The first kappa shape index (κ1) is 17.5. The van der Waals surface area contributed by atoms with Crippen LogP contribution < -0.4 is 0 Å². The summed E-state index contributed by atoms with van der Waals surface area (Å²) in [6.07, 6.45) is 3.43. The lowest BCUT2D eigenvalue weighted by Gasteiger charge is -2.30. The minimum absolute atomic E-state index is 0.103. The third-order valence-electron chi connectivity index (χ3n) is 4.11. The zero-order chi connectivity index (χ0) is 15.3. The van der Waals surface area contributed by atoms with Crippen molar-refractivity contribution in [1.82, 2.24) is 0 Å². The molecule has 0 radical (unpaired) electrons. The average molecular weight is 296 g/mol. The van der Waals surface area contributed by atoms with Crippen LogP contribution in [0.5, 0.6) is 0 Å². The summed E-state index contributed by atoms with van der Waals surface area (Å²) in [6, 6.07) is 0. The number of carbonyl (C=O) groups is 1. The number of ether oxygens (including phenoxy) is 1. The molecule has 1 aliphatic heterocycles. The first-order valence-electron chi connectivity index (χ1n) is 7.55. The van der Waals surface area contributed by atoms with E-state index in [4.69, 9.17) is 17.0 Å². The molecule has 0 aliphatic carbocycles. The van der Waals surface area contributed by atoms with Crippen molar-refractivity contribution >= 4 is 22.9 Å². The molecule has 0 bridgehead atoms. The first-order valence-corrected chi connectivity index (χ1v) is 7.96. The third-order valence-corrected chi connectivity index (χ3v) is 4.39. The predicted molar refractivity (Wildman–Crippen MR) is 88.1 cm³/mol. The van der Waals surface area contributed by atoms with Crippen LogP contribution in [0, 0.1) is 17.3 Å². The standard InChI is InChI=1S/C17H28O2S/c1-12(2)6-7-15(14(5)20)16(18)17(10-13(3)4)8-9-19-11-17/h12,15H,3,6-11H2,1-2,4-5H3. The normalized spacial score (nSPS) is 23.9. The van der Waals surface area contributed by atoms with Crippen LogP contribution in [0.25, 0.3) is 0 Å². The first-order chi connectivity index (χ1) is 9.28. The number of allylic oxidation sites excluding steroid dienone is 1. The van der Waals surface area contributed by atoms with Crippen LogP contribution in [0.15, 0.2) is 12.2 Å². The van der Waals surface area contributed by atoms with E-state index in [0.717, 1.165) is 36.1 Å². The molecule has 0 N–H and O–H groups in total. The molecule has 1 fully saturated rings. The fourth-order valence-corrected chi connectivity index (χ4v) is 3.22. The largest absolute Gasteiger partial charge is 0.380 e. The van der Waals surface area contributed by atoms with Gasteiger partial charge in [0.15, 0.2) is 0 Å². The van der Waals surface area contributed by atoms with Crippen molar-refractivity contribution in [2.75, 3.05) is 13.2 Å². The quantitative estimate of drug-likeness (QED) is 0.491. The summed E-state index contributed by atoms with van der Waals surface area (Å²) in [4.78, 5) is 13.9. The van der Waals surface area contributed by atoms with E-state index in [-0.39, 0.29) is 17.1 Å². The Kier molecular flexibility index (Phi) is 6.53. The fourth-order valence-electron chi connectivity index (χ4n) is 2.99. The maximum atomic E-state index is 13.0. The van der Waals surface area contributed by atoms with E-state index >= 15 is 0 Å². The zero-order valence-corrected chi connectivity index (χ0v) is 14.1. The molecule has 2 atom stereocenters. The molecule has 2 unspecified atom stereocenters. The molecule has 1 saturated heterocycles. The van der Waals surface area contributed by atoms with Gasteiger partial charge < -0.3 is 4.74 Å². The SMILES string of the molecule is C=C(C)CC1(C(=O)C(CCC(C)C)C(C)=S)CCOC1. The Balaban J connectivity index is 2.89. The Hall–Kier alpha value is -0.540. The Morgan fingerprint density at radius 2 is 2.00 bits per heavy atom. The van der Waals surface area contributed by atoms with Crippen molar-refractivity contribution in [1.29, 1.82) is 0 Å². The molecule has 20 heavy (non-hydrogen) atoms. The van der Waals surface area contributed by atoms with Gasteiger partial charge in [-0.25, -0.2) is 0 Å². The van der Waals surface area contributed by atoms with Crippen LogP contribution in [0.1, 0.15) is 53.4 Å². The Morgan fingerprint density at radius 1 is 1.35 bits per heavy atom.